The molecule has 28 heavy (non-hydrogen) atoms. The average Bonchev–Trinajstić information content (AvgIpc) is 3.34. The molecule has 2 aromatic carbocycles. The molecule has 7 heteroatoms. The van der Waals surface area contributed by atoms with Gasteiger partial charge in [-0.1, -0.05) is 18.2 Å². The number of aromatic amines is 2. The number of para-hydroxylation sites is 1. The Morgan fingerprint density at radius 3 is 2.68 bits per heavy atom. The van der Waals surface area contributed by atoms with Crippen molar-refractivity contribution in [1.29, 1.82) is 0 Å². The van der Waals surface area contributed by atoms with Crippen molar-refractivity contribution in [3.63, 3.8) is 0 Å². The first-order chi connectivity index (χ1) is 15.2. The second-order valence-electron chi connectivity index (χ2n) is 5.96. The van der Waals surface area contributed by atoms with Gasteiger partial charge in [0, 0.05) is 28.2 Å². The number of benzene rings is 2. The summed E-state index contributed by atoms with van der Waals surface area (Å²) in [5, 5.41) is 0.797. The third-order valence-electron chi connectivity index (χ3n) is 4.39. The van der Waals surface area contributed by atoms with Crippen LogP contribution in [0.3, 0.4) is 0 Å². The maximum absolute atomic E-state index is 13.1. The highest BCUT2D eigenvalue weighted by atomic mass is 16.5. The molecule has 0 amide bonds. The van der Waals surface area contributed by atoms with Crippen molar-refractivity contribution >= 4 is 16.7 Å². The quantitative estimate of drug-likeness (QED) is 0.496. The van der Waals surface area contributed by atoms with Crippen LogP contribution in [-0.2, 0) is 0 Å². The number of nitrogens with one attached hydrogen (secondary N) is 2. The van der Waals surface area contributed by atoms with Gasteiger partial charge in [0.2, 0.25) is 11.5 Å². The normalized spacial score (nSPS) is 13.4. The van der Waals surface area contributed by atoms with Crippen molar-refractivity contribution in [2.75, 3.05) is 21.3 Å². The number of imidazole rings is 1. The summed E-state index contributed by atoms with van der Waals surface area (Å²) >= 11 is 0. The topological polar surface area (TPSA) is 89.2 Å². The molecule has 0 saturated carbocycles. The van der Waals surface area contributed by atoms with Crippen LogP contribution in [0, 0.1) is 0 Å². The maximum Gasteiger partial charge on any atom is 0.211 e. The lowest BCUT2D eigenvalue weighted by Gasteiger charge is -2.13. The third-order valence-corrected chi connectivity index (χ3v) is 4.39. The molecule has 7 nitrogen and oxygen atoms in total. The lowest BCUT2D eigenvalue weighted by molar-refractivity contribution is 0.103. The molecule has 4 aromatic rings. The Hall–Kier alpha value is -3.74. The fourth-order valence-electron chi connectivity index (χ4n) is 3.05. The van der Waals surface area contributed by atoms with Gasteiger partial charge in [0.05, 0.1) is 32.9 Å². The summed E-state index contributed by atoms with van der Waals surface area (Å²) in [7, 11) is -0.0418. The van der Waals surface area contributed by atoms with E-state index in [2.05, 4.69) is 15.0 Å². The Morgan fingerprint density at radius 2 is 1.93 bits per heavy atom. The molecule has 0 spiro atoms. The minimum atomic E-state index is -2.75. The summed E-state index contributed by atoms with van der Waals surface area (Å²) in [6, 6.07) is 10.1. The number of carbonyl (C=O) groups is 1. The first kappa shape index (κ1) is 13.4. The van der Waals surface area contributed by atoms with Crippen molar-refractivity contribution in [3.8, 4) is 28.6 Å². The van der Waals surface area contributed by atoms with E-state index in [4.69, 9.17) is 19.7 Å². The van der Waals surface area contributed by atoms with Gasteiger partial charge in [-0.2, -0.15) is 0 Å². The summed E-state index contributed by atoms with van der Waals surface area (Å²) in [6.45, 7) is 0. The molecule has 0 aliphatic heterocycles. The predicted octanol–water partition coefficient (Wildman–Crippen LogP) is 3.81. The molecule has 2 aromatic heterocycles. The molecule has 0 fully saturated rings. The van der Waals surface area contributed by atoms with Crippen molar-refractivity contribution in [2.45, 2.75) is 0 Å². The van der Waals surface area contributed by atoms with Crippen LogP contribution in [-0.4, -0.2) is 42.0 Å². The van der Waals surface area contributed by atoms with E-state index in [-0.39, 0.29) is 34.7 Å². The minimum Gasteiger partial charge on any atom is -0.493 e. The second-order valence-corrected chi connectivity index (χ2v) is 5.96. The Morgan fingerprint density at radius 1 is 1.14 bits per heavy atom. The van der Waals surface area contributed by atoms with Crippen molar-refractivity contribution in [2.24, 2.45) is 0 Å². The van der Waals surface area contributed by atoms with E-state index in [0.29, 0.717) is 11.4 Å². The predicted molar refractivity (Wildman–Crippen MR) is 105 cm³/mol. The fourth-order valence-corrected chi connectivity index (χ4v) is 3.05. The molecular formula is C21H19N3O4. The van der Waals surface area contributed by atoms with Crippen molar-refractivity contribution in [1.82, 2.24) is 15.0 Å². The van der Waals surface area contributed by atoms with E-state index in [1.165, 1.54) is 32.5 Å². The van der Waals surface area contributed by atoms with Crippen LogP contribution >= 0.6 is 0 Å². The van der Waals surface area contributed by atoms with Gasteiger partial charge in [-0.3, -0.25) is 4.79 Å². The standard InChI is InChI=1S/C21H19N3O4/c1-26-17-8-12(9-18(27-2)20(17)28-3)19(25)16-11-23-21(24-16)14-10-22-15-7-5-4-6-13(14)15/h4-11,22H,1-3H3,(H,23,24)/i1D3,10D. The highest BCUT2D eigenvalue weighted by molar-refractivity contribution is 6.09. The third kappa shape index (κ3) is 2.87. The number of fused-ring (bicyclic) bond motifs is 1. The molecule has 2 heterocycles. The van der Waals surface area contributed by atoms with E-state index in [0.717, 1.165) is 10.9 Å². The Kier molecular flexibility index (Phi) is 3.41. The number of carbonyl (C=O) groups excluding carboxylic acids is 1. The number of nitrogens with zero attached hydrogens (tertiary/aromatic N) is 1. The molecule has 0 atom stereocenters. The molecule has 0 aliphatic carbocycles. The van der Waals surface area contributed by atoms with Crippen LogP contribution < -0.4 is 14.2 Å². The average molecular weight is 381 g/mol. The van der Waals surface area contributed by atoms with Crippen LogP contribution in [0.4, 0.5) is 0 Å². The number of hydrogen-bond donors (Lipinski definition) is 2. The number of methoxy groups -OCH3 is 3. The zero-order valence-electron chi connectivity index (χ0n) is 19.1. The lowest BCUT2D eigenvalue weighted by Crippen LogP contribution is -2.04. The second kappa shape index (κ2) is 7.11. The molecule has 0 bridgehead atoms. The van der Waals surface area contributed by atoms with Gasteiger partial charge in [-0.15, -0.1) is 0 Å². The Labute approximate surface area is 166 Å². The highest BCUT2D eigenvalue weighted by Gasteiger charge is 2.20. The van der Waals surface area contributed by atoms with E-state index in [1.807, 2.05) is 24.3 Å². The number of H-pyrrole nitrogens is 2. The van der Waals surface area contributed by atoms with Gasteiger partial charge in [-0.25, -0.2) is 4.98 Å². The summed E-state index contributed by atoms with van der Waals surface area (Å²) in [5.74, 6) is -0.0627. The van der Waals surface area contributed by atoms with Crippen molar-refractivity contribution < 1.29 is 24.5 Å². The van der Waals surface area contributed by atoms with Gasteiger partial charge in [0.25, 0.3) is 0 Å². The molecule has 0 saturated heterocycles. The number of ketones is 1. The van der Waals surface area contributed by atoms with Crippen molar-refractivity contribution in [3.05, 3.63) is 60.0 Å². The molecule has 142 valence electrons. The summed E-state index contributed by atoms with van der Waals surface area (Å²) < 4.78 is 45.8. The van der Waals surface area contributed by atoms with E-state index < -0.39 is 12.8 Å². The van der Waals surface area contributed by atoms with Gasteiger partial charge >= 0.3 is 0 Å². The van der Waals surface area contributed by atoms with Crippen LogP contribution in [0.2, 0.25) is 0 Å². The van der Waals surface area contributed by atoms with Crippen LogP contribution in [0.15, 0.2) is 48.8 Å². The first-order valence-corrected chi connectivity index (χ1v) is 8.34. The Bertz CT molecular complexity index is 1310. The number of aromatic nitrogens is 3. The van der Waals surface area contributed by atoms with Gasteiger partial charge in [0.15, 0.2) is 11.5 Å². The Balaban J connectivity index is 1.75. The molecule has 0 aliphatic rings. The monoisotopic (exact) mass is 381 g/mol. The lowest BCUT2D eigenvalue weighted by atomic mass is 10.1. The van der Waals surface area contributed by atoms with Gasteiger partial charge in [0.1, 0.15) is 11.5 Å². The highest BCUT2D eigenvalue weighted by Crippen LogP contribution is 2.38. The van der Waals surface area contributed by atoms with Gasteiger partial charge < -0.3 is 24.2 Å². The van der Waals surface area contributed by atoms with E-state index >= 15 is 0 Å². The molecule has 4 rings (SSSR count). The van der Waals surface area contributed by atoms with Gasteiger partial charge in [-0.05, 0) is 18.2 Å². The number of ether oxygens (including phenoxy) is 3. The molecule has 0 unspecified atom stereocenters. The molecular weight excluding hydrogens is 358 g/mol. The van der Waals surface area contributed by atoms with Crippen LogP contribution in [0.1, 0.15) is 21.5 Å². The zero-order chi connectivity index (χ0) is 23.0. The summed E-state index contributed by atoms with van der Waals surface area (Å²) in [6.07, 6.45) is 1.53. The first-order valence-electron chi connectivity index (χ1n) is 10.3. The van der Waals surface area contributed by atoms with Crippen LogP contribution in [0.5, 0.6) is 17.2 Å². The van der Waals surface area contributed by atoms with E-state index in [9.17, 15) is 4.79 Å². The van der Waals surface area contributed by atoms with Crippen LogP contribution in [0.25, 0.3) is 22.3 Å². The van der Waals surface area contributed by atoms with E-state index in [1.54, 1.807) is 0 Å². The molecule has 2 N–H and O–H groups in total. The largest absolute Gasteiger partial charge is 0.493 e. The fraction of sp³-hybridized carbons (Fsp3) is 0.143. The smallest absolute Gasteiger partial charge is 0.211 e. The SMILES string of the molecule is [2H]c1[nH]c2ccccc2c1-c1ncc(C(=O)c2cc(OC)c(OC)c(OC([2H])([2H])[2H])c2)[nH]1. The number of rotatable bonds is 6. The maximum atomic E-state index is 13.1. The molecule has 0 radical (unpaired) electrons. The summed E-state index contributed by atoms with van der Waals surface area (Å²) in [5.41, 5.74) is 1.58. The zero-order valence-corrected chi connectivity index (χ0v) is 15.1. The number of hydrogen-bond acceptors (Lipinski definition) is 5. The minimum absolute atomic E-state index is 0.0584. The summed E-state index contributed by atoms with van der Waals surface area (Å²) in [4.78, 5) is 23.4.